The molecule has 0 spiro atoms. The Morgan fingerprint density at radius 1 is 1.31 bits per heavy atom. The molecule has 0 aromatic rings. The normalized spacial score (nSPS) is 23.3. The summed E-state index contributed by atoms with van der Waals surface area (Å²) in [6, 6.07) is 0.399. The highest BCUT2D eigenvalue weighted by Gasteiger charge is 2.23. The second kappa shape index (κ2) is 6.16. The Bertz CT molecular complexity index is 263. The van der Waals surface area contributed by atoms with Crippen molar-refractivity contribution in [3.63, 3.8) is 0 Å². The van der Waals surface area contributed by atoms with E-state index in [0.717, 1.165) is 31.6 Å². The van der Waals surface area contributed by atoms with Crippen LogP contribution in [0.2, 0.25) is 0 Å². The van der Waals surface area contributed by atoms with E-state index < -0.39 is 0 Å². The van der Waals surface area contributed by atoms with E-state index in [9.17, 15) is 4.79 Å². The monoisotopic (exact) mass is 224 g/mol. The van der Waals surface area contributed by atoms with E-state index in [1.807, 2.05) is 6.92 Å². The van der Waals surface area contributed by atoms with Crippen molar-refractivity contribution in [2.75, 3.05) is 33.7 Å². The van der Waals surface area contributed by atoms with Crippen LogP contribution in [0.5, 0.6) is 0 Å². The summed E-state index contributed by atoms with van der Waals surface area (Å²) in [4.78, 5) is 16.4. The number of hydrogen-bond donors (Lipinski definition) is 0. The molecule has 0 amide bonds. The number of carbonyl (C=O) groups excluding carboxylic acids is 1. The Morgan fingerprint density at radius 3 is 2.62 bits per heavy atom. The van der Waals surface area contributed by atoms with Gasteiger partial charge in [-0.05, 0) is 27.4 Å². The van der Waals surface area contributed by atoms with E-state index in [2.05, 4.69) is 30.5 Å². The highest BCUT2D eigenvalue weighted by atomic mass is 16.1. The lowest BCUT2D eigenvalue weighted by molar-refractivity contribution is -0.120. The Labute approximate surface area is 99.1 Å². The smallest absolute Gasteiger partial charge is 0.134 e. The Morgan fingerprint density at radius 2 is 2.00 bits per heavy atom. The van der Waals surface area contributed by atoms with Crippen molar-refractivity contribution in [3.8, 4) is 0 Å². The molecule has 0 N–H and O–H groups in total. The van der Waals surface area contributed by atoms with Gasteiger partial charge in [0.25, 0.3) is 0 Å². The molecule has 3 nitrogen and oxygen atoms in total. The van der Waals surface area contributed by atoms with Gasteiger partial charge in [-0.2, -0.15) is 0 Å². The third-order valence-corrected chi connectivity index (χ3v) is 3.27. The second-order valence-corrected chi connectivity index (χ2v) is 5.10. The van der Waals surface area contributed by atoms with Crippen molar-refractivity contribution in [2.45, 2.75) is 32.2 Å². The van der Waals surface area contributed by atoms with E-state index in [4.69, 9.17) is 0 Å². The van der Waals surface area contributed by atoms with Crippen LogP contribution in [0, 0.1) is 0 Å². The zero-order valence-corrected chi connectivity index (χ0v) is 10.8. The second-order valence-electron chi connectivity index (χ2n) is 5.10. The molecular weight excluding hydrogens is 200 g/mol. The maximum Gasteiger partial charge on any atom is 0.134 e. The number of Topliss-reactive ketones (excluding diaryl/α,β-unsaturated/α-hetero) is 1. The maximum atomic E-state index is 11.8. The minimum absolute atomic E-state index is 0.371. The number of hydrogen-bond acceptors (Lipinski definition) is 3. The fourth-order valence-electron chi connectivity index (χ4n) is 2.04. The van der Waals surface area contributed by atoms with Gasteiger partial charge in [0.2, 0.25) is 0 Å². The van der Waals surface area contributed by atoms with E-state index >= 15 is 0 Å². The van der Waals surface area contributed by atoms with Crippen molar-refractivity contribution in [3.05, 3.63) is 12.2 Å². The first-order valence-corrected chi connectivity index (χ1v) is 6.04. The molecule has 0 aliphatic carbocycles. The van der Waals surface area contributed by atoms with Crippen LogP contribution in [-0.2, 0) is 4.79 Å². The fraction of sp³-hybridized carbons (Fsp3) is 0.769. The summed E-state index contributed by atoms with van der Waals surface area (Å²) in [5.74, 6) is 0.371. The topological polar surface area (TPSA) is 23.6 Å². The summed E-state index contributed by atoms with van der Waals surface area (Å²) in [7, 11) is 4.24. The molecule has 0 bridgehead atoms. The molecule has 1 saturated heterocycles. The van der Waals surface area contributed by atoms with Gasteiger partial charge in [0.05, 0.1) is 0 Å². The molecule has 0 saturated carbocycles. The lowest BCUT2D eigenvalue weighted by atomic mass is 10.0. The molecule has 1 aliphatic rings. The van der Waals surface area contributed by atoms with Crippen molar-refractivity contribution in [2.24, 2.45) is 0 Å². The van der Waals surface area contributed by atoms with Crippen LogP contribution in [0.15, 0.2) is 12.2 Å². The predicted octanol–water partition coefficient (Wildman–Crippen LogP) is 1.55. The fourth-order valence-corrected chi connectivity index (χ4v) is 2.04. The Hall–Kier alpha value is -0.670. The standard InChI is InChI=1S/C13H24N2O/c1-11(2)5-6-13(16)9-12-10-14(3)7-8-15(12)4/h12H,1,5-10H2,2-4H3. The molecule has 1 atom stereocenters. The van der Waals surface area contributed by atoms with Crippen molar-refractivity contribution in [1.29, 1.82) is 0 Å². The molecule has 1 rings (SSSR count). The molecule has 0 aromatic heterocycles. The van der Waals surface area contributed by atoms with Crippen LogP contribution < -0.4 is 0 Å². The minimum Gasteiger partial charge on any atom is -0.304 e. The van der Waals surface area contributed by atoms with E-state index in [1.54, 1.807) is 0 Å². The van der Waals surface area contributed by atoms with E-state index in [1.165, 1.54) is 0 Å². The summed E-state index contributed by atoms with van der Waals surface area (Å²) in [6.45, 7) is 8.99. The summed E-state index contributed by atoms with van der Waals surface area (Å²) < 4.78 is 0. The molecular formula is C13H24N2O. The summed E-state index contributed by atoms with van der Waals surface area (Å²) >= 11 is 0. The first kappa shape index (κ1) is 13.4. The molecule has 1 fully saturated rings. The van der Waals surface area contributed by atoms with Crippen LogP contribution in [0.3, 0.4) is 0 Å². The molecule has 0 radical (unpaired) electrons. The van der Waals surface area contributed by atoms with Gasteiger partial charge in [0.15, 0.2) is 0 Å². The number of rotatable bonds is 5. The molecule has 16 heavy (non-hydrogen) atoms. The van der Waals surface area contributed by atoms with Crippen molar-refractivity contribution in [1.82, 2.24) is 9.80 Å². The minimum atomic E-state index is 0.371. The molecule has 1 unspecified atom stereocenters. The molecule has 92 valence electrons. The zero-order chi connectivity index (χ0) is 12.1. The summed E-state index contributed by atoms with van der Waals surface area (Å²) in [5, 5.41) is 0. The average molecular weight is 224 g/mol. The first-order valence-electron chi connectivity index (χ1n) is 6.04. The Kier molecular flexibility index (Phi) is 5.16. The van der Waals surface area contributed by atoms with Gasteiger partial charge >= 0.3 is 0 Å². The van der Waals surface area contributed by atoms with Gasteiger partial charge in [0, 0.05) is 38.5 Å². The van der Waals surface area contributed by atoms with Gasteiger partial charge in [0.1, 0.15) is 5.78 Å². The maximum absolute atomic E-state index is 11.8. The van der Waals surface area contributed by atoms with Crippen LogP contribution >= 0.6 is 0 Å². The first-order chi connectivity index (χ1) is 7.49. The Balaban J connectivity index is 2.34. The van der Waals surface area contributed by atoms with Gasteiger partial charge in [-0.1, -0.05) is 5.57 Å². The number of allylic oxidation sites excluding steroid dienone is 1. The molecule has 1 heterocycles. The summed E-state index contributed by atoms with van der Waals surface area (Å²) in [5.41, 5.74) is 1.10. The molecule has 3 heteroatoms. The van der Waals surface area contributed by atoms with Crippen LogP contribution in [0.25, 0.3) is 0 Å². The van der Waals surface area contributed by atoms with Gasteiger partial charge in [-0.25, -0.2) is 0 Å². The number of carbonyl (C=O) groups is 1. The number of likely N-dealkylation sites (N-methyl/N-ethyl adjacent to an activating group) is 2. The average Bonchev–Trinajstić information content (AvgIpc) is 2.20. The van der Waals surface area contributed by atoms with Crippen molar-refractivity contribution >= 4 is 5.78 Å². The predicted molar refractivity (Wildman–Crippen MR) is 67.6 cm³/mol. The highest BCUT2D eigenvalue weighted by molar-refractivity contribution is 5.79. The number of ketones is 1. The van der Waals surface area contributed by atoms with Crippen LogP contribution in [0.4, 0.5) is 0 Å². The zero-order valence-electron chi connectivity index (χ0n) is 10.8. The molecule has 1 aliphatic heterocycles. The third-order valence-electron chi connectivity index (χ3n) is 3.27. The van der Waals surface area contributed by atoms with Gasteiger partial charge in [-0.15, -0.1) is 6.58 Å². The molecule has 0 aromatic carbocycles. The van der Waals surface area contributed by atoms with E-state index in [0.29, 0.717) is 24.7 Å². The lowest BCUT2D eigenvalue weighted by Gasteiger charge is -2.37. The largest absolute Gasteiger partial charge is 0.304 e. The van der Waals surface area contributed by atoms with Crippen LogP contribution in [0.1, 0.15) is 26.2 Å². The van der Waals surface area contributed by atoms with E-state index in [-0.39, 0.29) is 0 Å². The highest BCUT2D eigenvalue weighted by Crippen LogP contribution is 2.12. The quantitative estimate of drug-likeness (QED) is 0.662. The van der Waals surface area contributed by atoms with Crippen molar-refractivity contribution < 1.29 is 4.79 Å². The third kappa shape index (κ3) is 4.45. The number of piperazine rings is 1. The SMILES string of the molecule is C=C(C)CCC(=O)CC1CN(C)CCN1C. The summed E-state index contributed by atoms with van der Waals surface area (Å²) in [6.07, 6.45) is 2.18. The van der Waals surface area contributed by atoms with Gasteiger partial charge in [-0.3, -0.25) is 4.79 Å². The number of nitrogens with zero attached hydrogens (tertiary/aromatic N) is 2. The van der Waals surface area contributed by atoms with Crippen LogP contribution in [-0.4, -0.2) is 55.4 Å². The lowest BCUT2D eigenvalue weighted by Crippen LogP contribution is -2.50. The van der Waals surface area contributed by atoms with Gasteiger partial charge < -0.3 is 9.80 Å².